The molecule has 0 aliphatic heterocycles. The fourth-order valence-corrected chi connectivity index (χ4v) is 0.946. The summed E-state index contributed by atoms with van der Waals surface area (Å²) < 4.78 is 0. The Kier molecular flexibility index (Phi) is 2.51. The van der Waals surface area contributed by atoms with Gasteiger partial charge in [-0.05, 0) is 24.1 Å². The number of benzene rings is 1. The van der Waals surface area contributed by atoms with Crippen LogP contribution >= 0.6 is 0 Å². The first-order chi connectivity index (χ1) is 5.65. The SMILES string of the molecule is C=CC(O)c1ccc(C)c(O)c1. The smallest absolute Gasteiger partial charge is 0.118 e. The lowest BCUT2D eigenvalue weighted by Gasteiger charge is -2.06. The van der Waals surface area contributed by atoms with Gasteiger partial charge < -0.3 is 10.2 Å². The Hall–Kier alpha value is -1.28. The first-order valence-electron chi connectivity index (χ1n) is 3.75. The van der Waals surface area contributed by atoms with Crippen molar-refractivity contribution in [3.63, 3.8) is 0 Å². The Bertz CT molecular complexity index is 292. The number of aromatic hydroxyl groups is 1. The molecule has 0 saturated carbocycles. The summed E-state index contributed by atoms with van der Waals surface area (Å²) in [6.45, 7) is 5.26. The zero-order valence-electron chi connectivity index (χ0n) is 6.99. The average molecular weight is 164 g/mol. The maximum atomic E-state index is 9.32. The van der Waals surface area contributed by atoms with Crippen LogP contribution in [0, 0.1) is 6.92 Å². The molecule has 64 valence electrons. The first kappa shape index (κ1) is 8.81. The van der Waals surface area contributed by atoms with Crippen LogP contribution in [0.3, 0.4) is 0 Å². The van der Waals surface area contributed by atoms with Crippen molar-refractivity contribution in [2.24, 2.45) is 0 Å². The van der Waals surface area contributed by atoms with E-state index in [0.29, 0.717) is 5.56 Å². The molecule has 1 aromatic carbocycles. The summed E-state index contributed by atoms with van der Waals surface area (Å²) in [5, 5.41) is 18.6. The van der Waals surface area contributed by atoms with Crippen molar-refractivity contribution >= 4 is 0 Å². The molecule has 2 heteroatoms. The fraction of sp³-hybridized carbons (Fsp3) is 0.200. The molecular weight excluding hydrogens is 152 g/mol. The highest BCUT2D eigenvalue weighted by Crippen LogP contribution is 2.22. The largest absolute Gasteiger partial charge is 0.508 e. The maximum absolute atomic E-state index is 9.32. The Morgan fingerprint density at radius 3 is 2.67 bits per heavy atom. The van der Waals surface area contributed by atoms with Gasteiger partial charge in [0.1, 0.15) is 5.75 Å². The van der Waals surface area contributed by atoms with E-state index in [9.17, 15) is 10.2 Å². The molecule has 1 atom stereocenters. The van der Waals surface area contributed by atoms with E-state index in [0.717, 1.165) is 5.56 Å². The van der Waals surface area contributed by atoms with Gasteiger partial charge in [-0.3, -0.25) is 0 Å². The van der Waals surface area contributed by atoms with Crippen molar-refractivity contribution in [3.05, 3.63) is 42.0 Å². The molecule has 12 heavy (non-hydrogen) atoms. The standard InChI is InChI=1S/C10H12O2/c1-3-9(11)8-5-4-7(2)10(12)6-8/h3-6,9,11-12H,1H2,2H3. The van der Waals surface area contributed by atoms with Crippen molar-refractivity contribution < 1.29 is 10.2 Å². The maximum Gasteiger partial charge on any atom is 0.118 e. The monoisotopic (exact) mass is 164 g/mol. The Labute approximate surface area is 71.8 Å². The van der Waals surface area contributed by atoms with E-state index >= 15 is 0 Å². The summed E-state index contributed by atoms with van der Waals surface area (Å²) in [7, 11) is 0. The highest BCUT2D eigenvalue weighted by atomic mass is 16.3. The molecule has 0 heterocycles. The topological polar surface area (TPSA) is 40.5 Å². The number of aryl methyl sites for hydroxylation is 1. The minimum absolute atomic E-state index is 0.202. The zero-order valence-corrected chi connectivity index (χ0v) is 6.99. The number of aliphatic hydroxyl groups is 1. The van der Waals surface area contributed by atoms with Gasteiger partial charge in [0.15, 0.2) is 0 Å². The van der Waals surface area contributed by atoms with E-state index < -0.39 is 6.10 Å². The van der Waals surface area contributed by atoms with Gasteiger partial charge in [0, 0.05) is 0 Å². The molecule has 0 fully saturated rings. The number of aliphatic hydroxyl groups excluding tert-OH is 1. The second kappa shape index (κ2) is 3.41. The lowest BCUT2D eigenvalue weighted by Crippen LogP contribution is -1.92. The van der Waals surface area contributed by atoms with Gasteiger partial charge in [-0.25, -0.2) is 0 Å². The molecule has 0 saturated heterocycles. The van der Waals surface area contributed by atoms with Crippen LogP contribution in [0.2, 0.25) is 0 Å². The van der Waals surface area contributed by atoms with Crippen molar-refractivity contribution in [2.45, 2.75) is 13.0 Å². The van der Waals surface area contributed by atoms with Crippen LogP contribution in [-0.2, 0) is 0 Å². The highest BCUT2D eigenvalue weighted by Gasteiger charge is 2.04. The summed E-state index contributed by atoms with van der Waals surface area (Å²) in [4.78, 5) is 0. The van der Waals surface area contributed by atoms with Crippen LogP contribution in [0.15, 0.2) is 30.9 Å². The number of phenols is 1. The Balaban J connectivity index is 3.04. The molecule has 0 radical (unpaired) electrons. The predicted octanol–water partition coefficient (Wildman–Crippen LogP) is 1.92. The molecule has 1 unspecified atom stereocenters. The third-order valence-corrected chi connectivity index (χ3v) is 1.80. The molecule has 0 amide bonds. The zero-order chi connectivity index (χ0) is 9.14. The molecule has 0 aliphatic carbocycles. The Morgan fingerprint density at radius 2 is 2.17 bits per heavy atom. The van der Waals surface area contributed by atoms with Gasteiger partial charge >= 0.3 is 0 Å². The summed E-state index contributed by atoms with van der Waals surface area (Å²) in [5.74, 6) is 0.202. The molecule has 1 aromatic rings. The van der Waals surface area contributed by atoms with Gasteiger partial charge in [-0.15, -0.1) is 6.58 Å². The third kappa shape index (κ3) is 1.66. The molecule has 0 bridgehead atoms. The average Bonchev–Trinajstić information content (AvgIpc) is 2.08. The first-order valence-corrected chi connectivity index (χ1v) is 3.75. The van der Waals surface area contributed by atoms with E-state index in [1.807, 2.05) is 0 Å². The molecule has 1 rings (SSSR count). The summed E-state index contributed by atoms with van der Waals surface area (Å²) in [5.41, 5.74) is 1.46. The van der Waals surface area contributed by atoms with Crippen LogP contribution in [0.4, 0.5) is 0 Å². The van der Waals surface area contributed by atoms with Crippen molar-refractivity contribution in [2.75, 3.05) is 0 Å². The summed E-state index contributed by atoms with van der Waals surface area (Å²) >= 11 is 0. The van der Waals surface area contributed by atoms with Gasteiger partial charge in [0.25, 0.3) is 0 Å². The second-order valence-corrected chi connectivity index (χ2v) is 2.73. The lowest BCUT2D eigenvalue weighted by atomic mass is 10.1. The minimum Gasteiger partial charge on any atom is -0.508 e. The normalized spacial score (nSPS) is 12.5. The minimum atomic E-state index is -0.698. The van der Waals surface area contributed by atoms with Gasteiger partial charge in [-0.2, -0.15) is 0 Å². The fourth-order valence-electron chi connectivity index (χ4n) is 0.946. The number of rotatable bonds is 2. The number of hydrogen-bond acceptors (Lipinski definition) is 2. The molecule has 0 aliphatic rings. The summed E-state index contributed by atoms with van der Waals surface area (Å²) in [6.07, 6.45) is 0.723. The highest BCUT2D eigenvalue weighted by molar-refractivity contribution is 5.36. The van der Waals surface area contributed by atoms with Crippen molar-refractivity contribution in [1.29, 1.82) is 0 Å². The predicted molar refractivity (Wildman–Crippen MR) is 48.0 cm³/mol. The van der Waals surface area contributed by atoms with Crippen molar-refractivity contribution in [1.82, 2.24) is 0 Å². The van der Waals surface area contributed by atoms with E-state index in [1.165, 1.54) is 6.08 Å². The lowest BCUT2D eigenvalue weighted by molar-refractivity contribution is 0.228. The molecular formula is C10H12O2. The number of hydrogen-bond donors (Lipinski definition) is 2. The quantitative estimate of drug-likeness (QED) is 0.655. The van der Waals surface area contributed by atoms with Crippen LogP contribution < -0.4 is 0 Å². The van der Waals surface area contributed by atoms with Crippen molar-refractivity contribution in [3.8, 4) is 5.75 Å². The summed E-state index contributed by atoms with van der Waals surface area (Å²) in [6, 6.07) is 5.07. The van der Waals surface area contributed by atoms with Gasteiger partial charge in [0.2, 0.25) is 0 Å². The van der Waals surface area contributed by atoms with E-state index in [2.05, 4.69) is 6.58 Å². The molecule has 0 aromatic heterocycles. The third-order valence-electron chi connectivity index (χ3n) is 1.80. The van der Waals surface area contributed by atoms with Crippen LogP contribution in [-0.4, -0.2) is 10.2 Å². The van der Waals surface area contributed by atoms with Gasteiger partial charge in [0.05, 0.1) is 6.10 Å². The van der Waals surface area contributed by atoms with E-state index in [-0.39, 0.29) is 5.75 Å². The molecule has 2 N–H and O–H groups in total. The second-order valence-electron chi connectivity index (χ2n) is 2.73. The van der Waals surface area contributed by atoms with E-state index in [4.69, 9.17) is 0 Å². The van der Waals surface area contributed by atoms with Crippen LogP contribution in [0.25, 0.3) is 0 Å². The van der Waals surface area contributed by atoms with Gasteiger partial charge in [-0.1, -0.05) is 18.2 Å². The van der Waals surface area contributed by atoms with E-state index in [1.54, 1.807) is 25.1 Å². The van der Waals surface area contributed by atoms with Crippen LogP contribution in [0.1, 0.15) is 17.2 Å². The number of phenolic OH excluding ortho intramolecular Hbond substituents is 1. The molecule has 2 nitrogen and oxygen atoms in total. The Morgan fingerprint density at radius 1 is 1.50 bits per heavy atom. The van der Waals surface area contributed by atoms with Crippen LogP contribution in [0.5, 0.6) is 5.75 Å². The molecule has 0 spiro atoms.